The number of rotatable bonds is 3. The topological polar surface area (TPSA) is 83.9 Å². The molecule has 0 saturated heterocycles. The first-order chi connectivity index (χ1) is 10.7. The molecule has 2 aromatic heterocycles. The van der Waals surface area contributed by atoms with Crippen molar-refractivity contribution >= 4 is 21.8 Å². The molecule has 6 nitrogen and oxygen atoms in total. The summed E-state index contributed by atoms with van der Waals surface area (Å²) in [6.07, 6.45) is 5.07. The van der Waals surface area contributed by atoms with Crippen LogP contribution in [-0.4, -0.2) is 10.5 Å². The van der Waals surface area contributed by atoms with Gasteiger partial charge in [-0.25, -0.2) is 0 Å². The van der Waals surface area contributed by atoms with Gasteiger partial charge in [0.15, 0.2) is 0 Å². The number of azide groups is 1. The highest BCUT2D eigenvalue weighted by atomic mass is 79.9. The molecule has 0 spiro atoms. The number of furan rings is 1. The Hall–Kier alpha value is -2.76. The first kappa shape index (κ1) is 14.2. The van der Waals surface area contributed by atoms with E-state index < -0.39 is 5.91 Å². The van der Waals surface area contributed by atoms with Crippen molar-refractivity contribution in [3.8, 4) is 16.8 Å². The largest absolute Gasteiger partial charge is 0.458 e. The maximum Gasteiger partial charge on any atom is 0.286 e. The highest BCUT2D eigenvalue weighted by Gasteiger charge is 2.21. The Balaban J connectivity index is 2.21. The lowest BCUT2D eigenvalue weighted by Crippen LogP contribution is -2.00. The summed E-state index contributed by atoms with van der Waals surface area (Å²) in [5.74, 6) is -0.749. The zero-order valence-corrected chi connectivity index (χ0v) is 12.8. The van der Waals surface area contributed by atoms with Gasteiger partial charge in [0.25, 0.3) is 5.91 Å². The van der Waals surface area contributed by atoms with E-state index in [1.165, 1.54) is 6.26 Å². The Labute approximate surface area is 133 Å². The number of carbonyl (C=O) groups is 1. The van der Waals surface area contributed by atoms with Crippen LogP contribution in [0.2, 0.25) is 0 Å². The summed E-state index contributed by atoms with van der Waals surface area (Å²) in [5.41, 5.74) is 10.6. The molecule has 22 heavy (non-hydrogen) atoms. The molecule has 1 aromatic carbocycles. The Kier molecular flexibility index (Phi) is 3.82. The predicted molar refractivity (Wildman–Crippen MR) is 84.6 cm³/mol. The monoisotopic (exact) mass is 356 g/mol. The number of benzene rings is 1. The van der Waals surface area contributed by atoms with Gasteiger partial charge in [-0.15, -0.1) is 0 Å². The number of aromatic nitrogens is 1. The molecule has 7 heteroatoms. The van der Waals surface area contributed by atoms with Gasteiger partial charge >= 0.3 is 0 Å². The van der Waals surface area contributed by atoms with Gasteiger partial charge in [-0.2, -0.15) is 0 Å². The summed E-state index contributed by atoms with van der Waals surface area (Å²) in [6, 6.07) is 11.3. The van der Waals surface area contributed by atoms with Crippen molar-refractivity contribution < 1.29 is 9.21 Å². The van der Waals surface area contributed by atoms with Crippen molar-refractivity contribution in [2.75, 3.05) is 0 Å². The fraction of sp³-hybridized carbons (Fsp3) is 0. The average Bonchev–Trinajstić information content (AvgIpc) is 3.17. The molecule has 3 aromatic rings. The minimum atomic E-state index is -0.755. The van der Waals surface area contributed by atoms with Crippen molar-refractivity contribution in [3.63, 3.8) is 0 Å². The molecule has 0 atom stereocenters. The third-order valence-corrected chi connectivity index (χ3v) is 3.64. The van der Waals surface area contributed by atoms with Crippen molar-refractivity contribution in [1.29, 1.82) is 0 Å². The van der Waals surface area contributed by atoms with Gasteiger partial charge in [-0.3, -0.25) is 4.79 Å². The first-order valence-corrected chi connectivity index (χ1v) is 7.10. The second kappa shape index (κ2) is 5.93. The first-order valence-electron chi connectivity index (χ1n) is 6.31. The van der Waals surface area contributed by atoms with Crippen LogP contribution in [0.15, 0.2) is 69.1 Å². The summed E-state index contributed by atoms with van der Waals surface area (Å²) in [6.45, 7) is 0. The normalized spacial score (nSPS) is 10.2. The summed E-state index contributed by atoms with van der Waals surface area (Å²) < 4.78 is 8.07. The second-order valence-electron chi connectivity index (χ2n) is 4.42. The van der Waals surface area contributed by atoms with Crippen molar-refractivity contribution in [1.82, 2.24) is 4.57 Å². The van der Waals surface area contributed by atoms with Crippen LogP contribution >= 0.6 is 15.9 Å². The lowest BCUT2D eigenvalue weighted by atomic mass is 10.1. The third-order valence-electron chi connectivity index (χ3n) is 3.11. The van der Waals surface area contributed by atoms with Crippen molar-refractivity contribution in [3.05, 3.63) is 75.7 Å². The van der Waals surface area contributed by atoms with Gasteiger partial charge in [-0.1, -0.05) is 28.1 Å². The zero-order valence-electron chi connectivity index (χ0n) is 11.2. The molecular weight excluding hydrogens is 348 g/mol. The van der Waals surface area contributed by atoms with Gasteiger partial charge in [-0.05, 0) is 40.5 Å². The van der Waals surface area contributed by atoms with Crippen LogP contribution < -0.4 is 0 Å². The molecule has 0 N–H and O–H groups in total. The van der Waals surface area contributed by atoms with E-state index in [0.29, 0.717) is 5.69 Å². The van der Waals surface area contributed by atoms with Gasteiger partial charge in [0.1, 0.15) is 12.0 Å². The van der Waals surface area contributed by atoms with E-state index in [-0.39, 0.29) is 5.76 Å². The van der Waals surface area contributed by atoms with E-state index >= 15 is 0 Å². The maximum atomic E-state index is 11.9. The maximum absolute atomic E-state index is 11.9. The predicted octanol–water partition coefficient (Wildman–Crippen LogP) is 4.95. The fourth-order valence-electron chi connectivity index (χ4n) is 2.16. The molecule has 0 unspecified atom stereocenters. The van der Waals surface area contributed by atoms with Gasteiger partial charge in [0.05, 0.1) is 0 Å². The van der Waals surface area contributed by atoms with E-state index in [1.54, 1.807) is 17.0 Å². The van der Waals surface area contributed by atoms with Crippen LogP contribution in [0, 0.1) is 0 Å². The molecule has 0 aliphatic carbocycles. The average molecular weight is 357 g/mol. The molecular formula is C15H9BrN4O2. The molecule has 3 rings (SSSR count). The molecule has 0 saturated carbocycles. The fourth-order valence-corrected chi connectivity index (χ4v) is 2.43. The van der Waals surface area contributed by atoms with Gasteiger partial charge in [0.2, 0.25) is 5.76 Å². The lowest BCUT2D eigenvalue weighted by molar-refractivity contribution is 0.0974. The molecule has 108 valence electrons. The van der Waals surface area contributed by atoms with E-state index in [1.807, 2.05) is 36.4 Å². The Morgan fingerprint density at radius 2 is 1.91 bits per heavy atom. The summed E-state index contributed by atoms with van der Waals surface area (Å²) in [7, 11) is 0. The van der Waals surface area contributed by atoms with Crippen molar-refractivity contribution in [2.45, 2.75) is 0 Å². The third kappa shape index (κ3) is 2.55. The van der Waals surface area contributed by atoms with Crippen LogP contribution in [0.4, 0.5) is 0 Å². The van der Waals surface area contributed by atoms with E-state index in [4.69, 9.17) is 9.95 Å². The van der Waals surface area contributed by atoms with Gasteiger partial charge < -0.3 is 8.98 Å². The molecule has 0 bridgehead atoms. The Morgan fingerprint density at radius 1 is 1.23 bits per heavy atom. The lowest BCUT2D eigenvalue weighted by Gasteiger charge is -2.06. The highest BCUT2D eigenvalue weighted by molar-refractivity contribution is 9.10. The Bertz CT molecular complexity index is 860. The number of hydrogen-bond acceptors (Lipinski definition) is 2. The minimum Gasteiger partial charge on any atom is -0.458 e. The molecule has 2 heterocycles. The van der Waals surface area contributed by atoms with E-state index in [0.717, 1.165) is 15.6 Å². The smallest absolute Gasteiger partial charge is 0.286 e. The summed E-state index contributed by atoms with van der Waals surface area (Å²) in [4.78, 5) is 14.5. The Morgan fingerprint density at radius 3 is 2.55 bits per heavy atom. The standard InChI is InChI=1S/C15H9BrN4O2/c16-11-5-3-10(4-6-11)12-9-22-14(15(21)18-19-17)13(12)20-7-1-2-8-20/h1-9H. The van der Waals surface area contributed by atoms with Gasteiger partial charge in [0, 0.05) is 27.3 Å². The van der Waals surface area contributed by atoms with Crippen LogP contribution in [0.25, 0.3) is 27.3 Å². The van der Waals surface area contributed by atoms with Crippen LogP contribution in [-0.2, 0) is 0 Å². The minimum absolute atomic E-state index is 0.00641. The molecule has 1 amide bonds. The summed E-state index contributed by atoms with van der Waals surface area (Å²) in [5, 5.41) is 3.11. The number of amides is 1. The molecule has 0 aliphatic heterocycles. The highest BCUT2D eigenvalue weighted by Crippen LogP contribution is 2.33. The van der Waals surface area contributed by atoms with E-state index in [9.17, 15) is 4.79 Å². The van der Waals surface area contributed by atoms with Crippen LogP contribution in [0.5, 0.6) is 0 Å². The van der Waals surface area contributed by atoms with Crippen LogP contribution in [0.3, 0.4) is 0 Å². The van der Waals surface area contributed by atoms with Crippen LogP contribution in [0.1, 0.15) is 10.6 Å². The quantitative estimate of drug-likeness (QED) is 0.377. The van der Waals surface area contributed by atoms with E-state index in [2.05, 4.69) is 26.0 Å². The molecule has 0 fully saturated rings. The second-order valence-corrected chi connectivity index (χ2v) is 5.33. The number of hydrogen-bond donors (Lipinski definition) is 0. The SMILES string of the molecule is [N-]=[N+]=NC(=O)c1occ(-c2ccc(Br)cc2)c1-n1cccc1. The van der Waals surface area contributed by atoms with Crippen molar-refractivity contribution in [2.24, 2.45) is 5.11 Å². The summed E-state index contributed by atoms with van der Waals surface area (Å²) >= 11 is 3.39. The molecule has 0 radical (unpaired) electrons. The number of halogens is 1. The number of nitrogens with zero attached hydrogens (tertiary/aromatic N) is 4. The number of carbonyl (C=O) groups excluding carboxylic acids is 1. The molecule has 0 aliphatic rings. The zero-order chi connectivity index (χ0) is 15.5.